The highest BCUT2D eigenvalue weighted by molar-refractivity contribution is 14.1. The molecule has 5 rings (SSSR count). The summed E-state index contributed by atoms with van der Waals surface area (Å²) in [6.07, 6.45) is 8.67. The Balaban J connectivity index is 1.57. The van der Waals surface area contributed by atoms with Crippen LogP contribution in [0.5, 0.6) is 0 Å². The molecule has 3 fully saturated rings. The first-order valence-corrected chi connectivity index (χ1v) is 15.0. The minimum absolute atomic E-state index is 0.00565. The van der Waals surface area contributed by atoms with Gasteiger partial charge in [0.05, 0.1) is 10.4 Å². The molecule has 0 radical (unpaired) electrons. The summed E-state index contributed by atoms with van der Waals surface area (Å²) in [6, 6.07) is 7.09. The average Bonchev–Trinajstić information content (AvgIpc) is 3.10. The second-order valence-corrected chi connectivity index (χ2v) is 14.0. The molecule has 39 heavy (non-hydrogen) atoms. The molecule has 0 amide bonds. The minimum Gasteiger partial charge on any atom is -0.458 e. The molecular formula is C31H34ClIO6. The molecule has 4 aliphatic carbocycles. The standard InChI is InChI=1S/C31H34ClIO6/c1-18-14-25-24-9-8-21-16-23(35)10-11-28(21,3)30(24,32)13-12-29(25,4)31(18,26(36)17-38-19(2)34)39-27(37)20-6-5-7-22(33)15-20/h5-7,10-11,15-16,18,24-25H,8-9,12-14,17H2,1-4H3/t18?,24-,25-,28-,29-,30+,31-/m0/s1. The maximum absolute atomic E-state index is 14.1. The quantitative estimate of drug-likeness (QED) is 0.211. The van der Waals surface area contributed by atoms with E-state index in [1.165, 1.54) is 6.92 Å². The van der Waals surface area contributed by atoms with E-state index in [9.17, 15) is 19.2 Å². The summed E-state index contributed by atoms with van der Waals surface area (Å²) >= 11 is 9.78. The zero-order chi connectivity index (χ0) is 28.4. The predicted molar refractivity (Wildman–Crippen MR) is 155 cm³/mol. The van der Waals surface area contributed by atoms with Crippen molar-refractivity contribution in [1.29, 1.82) is 0 Å². The van der Waals surface area contributed by atoms with Crippen LogP contribution in [-0.2, 0) is 23.9 Å². The Labute approximate surface area is 248 Å². The van der Waals surface area contributed by atoms with Gasteiger partial charge >= 0.3 is 11.9 Å². The van der Waals surface area contributed by atoms with E-state index in [2.05, 4.69) is 36.4 Å². The van der Waals surface area contributed by atoms with E-state index < -0.39 is 39.9 Å². The lowest BCUT2D eigenvalue weighted by atomic mass is 9.46. The van der Waals surface area contributed by atoms with E-state index in [1.807, 2.05) is 19.1 Å². The van der Waals surface area contributed by atoms with Gasteiger partial charge in [0, 0.05) is 27.2 Å². The van der Waals surface area contributed by atoms with Crippen molar-refractivity contribution in [3.63, 3.8) is 0 Å². The summed E-state index contributed by atoms with van der Waals surface area (Å²) in [6.45, 7) is 6.95. The summed E-state index contributed by atoms with van der Waals surface area (Å²) in [7, 11) is 0. The van der Waals surface area contributed by atoms with Crippen molar-refractivity contribution in [2.45, 2.75) is 70.3 Å². The number of benzene rings is 1. The van der Waals surface area contributed by atoms with Gasteiger partial charge in [-0.25, -0.2) is 4.79 Å². The molecule has 1 aromatic carbocycles. The highest BCUT2D eigenvalue weighted by Gasteiger charge is 2.74. The van der Waals surface area contributed by atoms with Crippen molar-refractivity contribution in [3.05, 3.63) is 57.2 Å². The van der Waals surface area contributed by atoms with Crippen molar-refractivity contribution in [3.8, 4) is 0 Å². The van der Waals surface area contributed by atoms with Gasteiger partial charge in [0.2, 0.25) is 5.78 Å². The van der Waals surface area contributed by atoms with Crippen LogP contribution in [-0.4, -0.2) is 40.6 Å². The van der Waals surface area contributed by atoms with Crippen LogP contribution in [0.25, 0.3) is 0 Å². The number of carbonyl (C=O) groups is 4. The summed E-state index contributed by atoms with van der Waals surface area (Å²) in [5.41, 5.74) is -1.21. The first-order chi connectivity index (χ1) is 18.3. The van der Waals surface area contributed by atoms with Gasteiger partial charge in [0.1, 0.15) is 0 Å². The molecule has 1 unspecified atom stereocenters. The molecule has 0 saturated heterocycles. The molecule has 0 bridgehead atoms. The Morgan fingerprint density at radius 2 is 1.90 bits per heavy atom. The highest BCUT2D eigenvalue weighted by Crippen LogP contribution is 2.72. The molecule has 0 aromatic heterocycles. The van der Waals surface area contributed by atoms with E-state index in [4.69, 9.17) is 21.1 Å². The summed E-state index contributed by atoms with van der Waals surface area (Å²) in [4.78, 5) is 50.9. The smallest absolute Gasteiger partial charge is 0.339 e. The van der Waals surface area contributed by atoms with Gasteiger partial charge in [-0.3, -0.25) is 14.4 Å². The lowest BCUT2D eigenvalue weighted by Crippen LogP contribution is -2.65. The third-order valence-corrected chi connectivity index (χ3v) is 11.9. The molecule has 0 spiro atoms. The number of rotatable bonds is 5. The van der Waals surface area contributed by atoms with E-state index in [0.29, 0.717) is 24.8 Å². The monoisotopic (exact) mass is 664 g/mol. The molecular weight excluding hydrogens is 631 g/mol. The second-order valence-electron chi connectivity index (χ2n) is 12.1. The molecule has 208 valence electrons. The van der Waals surface area contributed by atoms with Crippen molar-refractivity contribution < 1.29 is 28.7 Å². The number of halogens is 2. The predicted octanol–water partition coefficient (Wildman–Crippen LogP) is 6.23. The SMILES string of the molecule is CC(=O)OCC(=O)[C@@]1(OC(=O)c2cccc(I)c2)C(C)C[C@H]2[C@@H]3CCC4=CC(=O)C=C[C@]4(C)[C@@]3(Cl)CC[C@@]21C. The number of Topliss-reactive ketones (excluding diaryl/α,β-unsaturated/α-hetero) is 1. The molecule has 7 atom stereocenters. The highest BCUT2D eigenvalue weighted by atomic mass is 127. The Morgan fingerprint density at radius 3 is 2.59 bits per heavy atom. The average molecular weight is 665 g/mol. The van der Waals surface area contributed by atoms with Crippen LogP contribution in [0, 0.1) is 32.2 Å². The van der Waals surface area contributed by atoms with E-state index in [0.717, 1.165) is 22.0 Å². The largest absolute Gasteiger partial charge is 0.458 e. The zero-order valence-corrected chi connectivity index (χ0v) is 25.6. The number of hydrogen-bond donors (Lipinski definition) is 0. The molecule has 8 heteroatoms. The molecule has 6 nitrogen and oxygen atoms in total. The van der Waals surface area contributed by atoms with Crippen LogP contribution >= 0.6 is 34.2 Å². The fourth-order valence-electron chi connectivity index (χ4n) is 8.38. The lowest BCUT2D eigenvalue weighted by Gasteiger charge is -2.62. The van der Waals surface area contributed by atoms with Crippen molar-refractivity contribution in [2.75, 3.05) is 6.61 Å². The number of ether oxygens (including phenoxy) is 2. The number of esters is 2. The van der Waals surface area contributed by atoms with Gasteiger partial charge in [-0.2, -0.15) is 0 Å². The molecule has 0 N–H and O–H groups in total. The molecule has 0 heterocycles. The molecule has 1 aromatic rings. The summed E-state index contributed by atoms with van der Waals surface area (Å²) in [5, 5.41) is 0. The zero-order valence-electron chi connectivity index (χ0n) is 22.7. The lowest BCUT2D eigenvalue weighted by molar-refractivity contribution is -0.173. The van der Waals surface area contributed by atoms with Crippen LogP contribution in [0.3, 0.4) is 0 Å². The van der Waals surface area contributed by atoms with E-state index in [-0.39, 0.29) is 29.3 Å². The fraction of sp³-hybridized carbons (Fsp3) is 0.548. The first-order valence-electron chi connectivity index (χ1n) is 13.6. The van der Waals surface area contributed by atoms with E-state index >= 15 is 0 Å². The summed E-state index contributed by atoms with van der Waals surface area (Å²) in [5.74, 6) is -1.79. The van der Waals surface area contributed by atoms with Crippen molar-refractivity contribution in [1.82, 2.24) is 0 Å². The topological polar surface area (TPSA) is 86.7 Å². The number of fused-ring (bicyclic) bond motifs is 5. The number of ketones is 2. The van der Waals surface area contributed by atoms with Gasteiger partial charge in [-0.15, -0.1) is 11.6 Å². The first kappa shape index (κ1) is 28.5. The van der Waals surface area contributed by atoms with Gasteiger partial charge in [-0.05, 0) is 96.9 Å². The van der Waals surface area contributed by atoms with Crippen LogP contribution in [0.4, 0.5) is 0 Å². The van der Waals surface area contributed by atoms with Crippen molar-refractivity contribution in [2.24, 2.45) is 28.6 Å². The third kappa shape index (κ3) is 4.16. The normalized spacial score (nSPS) is 38.7. The van der Waals surface area contributed by atoms with Crippen molar-refractivity contribution >= 4 is 57.7 Å². The second kappa shape index (κ2) is 9.82. The maximum Gasteiger partial charge on any atom is 0.339 e. The van der Waals surface area contributed by atoms with E-state index in [1.54, 1.807) is 30.4 Å². The fourth-order valence-corrected chi connectivity index (χ4v) is 9.46. The third-order valence-electron chi connectivity index (χ3n) is 10.3. The Morgan fingerprint density at radius 1 is 1.15 bits per heavy atom. The summed E-state index contributed by atoms with van der Waals surface area (Å²) < 4.78 is 12.5. The molecule has 4 aliphatic rings. The maximum atomic E-state index is 14.1. The van der Waals surface area contributed by atoms with Gasteiger partial charge in [-0.1, -0.05) is 38.5 Å². The number of alkyl halides is 1. The van der Waals surface area contributed by atoms with Crippen LogP contribution in [0.2, 0.25) is 0 Å². The Bertz CT molecular complexity index is 1320. The number of hydrogen-bond acceptors (Lipinski definition) is 6. The molecule has 3 saturated carbocycles. The van der Waals surface area contributed by atoms with Crippen LogP contribution < -0.4 is 0 Å². The Hall–Kier alpha value is -2.00. The minimum atomic E-state index is -1.47. The van der Waals surface area contributed by atoms with Gasteiger partial charge in [0.25, 0.3) is 0 Å². The van der Waals surface area contributed by atoms with Crippen LogP contribution in [0.15, 0.2) is 48.1 Å². The number of allylic oxidation sites excluding steroid dienone is 4. The van der Waals surface area contributed by atoms with Crippen LogP contribution in [0.1, 0.15) is 70.2 Å². The van der Waals surface area contributed by atoms with Gasteiger partial charge in [0.15, 0.2) is 18.0 Å². The van der Waals surface area contributed by atoms with Gasteiger partial charge < -0.3 is 9.47 Å². The molecule has 0 aliphatic heterocycles. The Kier molecular flexibility index (Phi) is 7.19. The number of carbonyl (C=O) groups excluding carboxylic acids is 4.